The van der Waals surface area contributed by atoms with Gasteiger partial charge in [-0.2, -0.15) is 5.26 Å². The van der Waals surface area contributed by atoms with Crippen LogP contribution in [0.25, 0.3) is 11.1 Å². The van der Waals surface area contributed by atoms with E-state index in [1.165, 1.54) is 11.0 Å². The number of fused-ring (bicyclic) bond motifs is 1. The quantitative estimate of drug-likeness (QED) is 0.469. The number of halogens is 1. The normalized spacial score (nSPS) is 25.4. The van der Waals surface area contributed by atoms with Crippen molar-refractivity contribution >= 4 is 17.9 Å². The van der Waals surface area contributed by atoms with Crippen LogP contribution in [0.15, 0.2) is 54.9 Å². The number of rotatable bonds is 5. The van der Waals surface area contributed by atoms with E-state index in [9.17, 15) is 14.9 Å². The highest BCUT2D eigenvalue weighted by Gasteiger charge is 2.70. The zero-order chi connectivity index (χ0) is 28.2. The first kappa shape index (κ1) is 25.8. The molecular weight excluding hydrogens is 515 g/mol. The summed E-state index contributed by atoms with van der Waals surface area (Å²) >= 11 is 0. The highest BCUT2D eigenvalue weighted by Crippen LogP contribution is 2.63. The van der Waals surface area contributed by atoms with Crippen LogP contribution in [-0.2, 0) is 21.4 Å². The van der Waals surface area contributed by atoms with Gasteiger partial charge in [0.2, 0.25) is 0 Å². The monoisotopic (exact) mass is 544 g/mol. The first-order valence-electron chi connectivity index (χ1n) is 13.2. The molecule has 10 nitrogen and oxygen atoms in total. The molecule has 0 N–H and O–H groups in total. The van der Waals surface area contributed by atoms with Gasteiger partial charge in [0.15, 0.2) is 0 Å². The molecule has 2 amide bonds. The summed E-state index contributed by atoms with van der Waals surface area (Å²) in [7, 11) is 0. The Morgan fingerprint density at radius 2 is 1.90 bits per heavy atom. The van der Waals surface area contributed by atoms with Crippen molar-refractivity contribution in [3.8, 4) is 17.2 Å². The fourth-order valence-electron chi connectivity index (χ4n) is 5.96. The van der Waals surface area contributed by atoms with Gasteiger partial charge in [-0.15, -0.1) is 5.10 Å². The number of nitriles is 1. The molecule has 1 saturated carbocycles. The van der Waals surface area contributed by atoms with Crippen molar-refractivity contribution in [2.24, 2.45) is 11.8 Å². The van der Waals surface area contributed by atoms with Crippen LogP contribution < -0.4 is 4.90 Å². The highest BCUT2D eigenvalue weighted by atomic mass is 19.1. The lowest BCUT2D eigenvalue weighted by atomic mass is 9.90. The third-order valence-electron chi connectivity index (χ3n) is 7.89. The van der Waals surface area contributed by atoms with Crippen molar-refractivity contribution in [3.05, 3.63) is 66.2 Å². The van der Waals surface area contributed by atoms with E-state index in [4.69, 9.17) is 9.47 Å². The third kappa shape index (κ3) is 4.43. The molecule has 0 bridgehead atoms. The maximum atomic E-state index is 15.3. The van der Waals surface area contributed by atoms with Crippen LogP contribution in [0.1, 0.15) is 26.3 Å². The van der Waals surface area contributed by atoms with Gasteiger partial charge in [0, 0.05) is 36.7 Å². The second-order valence-corrected chi connectivity index (χ2v) is 11.6. The van der Waals surface area contributed by atoms with Gasteiger partial charge in [-0.1, -0.05) is 29.5 Å². The average molecular weight is 545 g/mol. The molecule has 40 heavy (non-hydrogen) atoms. The Balaban J connectivity index is 1.13. The smallest absolute Gasteiger partial charge is 0.414 e. The van der Waals surface area contributed by atoms with Gasteiger partial charge in [-0.25, -0.2) is 18.7 Å². The maximum absolute atomic E-state index is 15.3. The van der Waals surface area contributed by atoms with E-state index in [2.05, 4.69) is 16.4 Å². The topological polar surface area (TPSA) is 114 Å². The van der Waals surface area contributed by atoms with Gasteiger partial charge in [0.1, 0.15) is 17.5 Å². The molecule has 206 valence electrons. The fourth-order valence-corrected chi connectivity index (χ4v) is 5.96. The average Bonchev–Trinajstić information content (AvgIpc) is 3.41. The van der Waals surface area contributed by atoms with E-state index in [1.807, 2.05) is 45.0 Å². The Morgan fingerprint density at radius 3 is 2.50 bits per heavy atom. The van der Waals surface area contributed by atoms with E-state index >= 15 is 4.39 Å². The van der Waals surface area contributed by atoms with Crippen molar-refractivity contribution < 1.29 is 23.5 Å². The summed E-state index contributed by atoms with van der Waals surface area (Å²) in [5, 5.41) is 17.7. The number of hydrogen-bond donors (Lipinski definition) is 0. The fraction of sp³-hybridized carbons (Fsp3) is 0.414. The van der Waals surface area contributed by atoms with E-state index in [1.54, 1.807) is 34.1 Å². The number of likely N-dealkylation sites (tertiary alicyclic amines) is 1. The number of aromatic nitrogens is 3. The first-order chi connectivity index (χ1) is 19.1. The number of anilines is 1. The van der Waals surface area contributed by atoms with E-state index in [-0.39, 0.29) is 24.5 Å². The molecule has 3 heterocycles. The van der Waals surface area contributed by atoms with E-state index in [0.29, 0.717) is 36.4 Å². The van der Waals surface area contributed by atoms with Crippen LogP contribution in [0.3, 0.4) is 0 Å². The van der Waals surface area contributed by atoms with Crippen LogP contribution in [0, 0.1) is 29.0 Å². The molecule has 2 saturated heterocycles. The summed E-state index contributed by atoms with van der Waals surface area (Å²) in [4.78, 5) is 28.0. The lowest BCUT2D eigenvalue weighted by molar-refractivity contribution is 0.0266. The molecule has 0 spiro atoms. The number of carbonyl (C=O) groups excluding carboxylic acids is 2. The van der Waals surface area contributed by atoms with Crippen LogP contribution >= 0.6 is 0 Å². The summed E-state index contributed by atoms with van der Waals surface area (Å²) in [5.41, 5.74) is 1.10. The Hall–Kier alpha value is -4.46. The van der Waals surface area contributed by atoms with E-state index in [0.717, 1.165) is 5.56 Å². The Bertz CT molecular complexity index is 1480. The molecule has 1 aliphatic carbocycles. The molecule has 3 atom stereocenters. The largest absolute Gasteiger partial charge is 0.444 e. The minimum Gasteiger partial charge on any atom is -0.444 e. The van der Waals surface area contributed by atoms with Gasteiger partial charge < -0.3 is 14.4 Å². The molecule has 2 unspecified atom stereocenters. The van der Waals surface area contributed by atoms with Crippen molar-refractivity contribution in [3.63, 3.8) is 0 Å². The summed E-state index contributed by atoms with van der Waals surface area (Å²) < 4.78 is 27.7. The summed E-state index contributed by atoms with van der Waals surface area (Å²) in [6.45, 7) is 7.08. The standard InChI is InChI=1S/C29H29FN6O4/c1-28(2,3)40-26(37)34-15-23-24(16-34)29(23,17-31)19-6-4-18(5-7-19)22-9-8-20(12-25(22)30)36-14-21(39-27(36)38)13-35-11-10-32-33-35/h4-12,21,23-24H,13-16H2,1-3H3/t21-,23?,24?,29?/m0/s1. The van der Waals surface area contributed by atoms with Gasteiger partial charge in [-0.3, -0.25) is 4.90 Å². The number of benzene rings is 2. The number of ether oxygens (including phenoxy) is 2. The van der Waals surface area contributed by atoms with Gasteiger partial charge in [0.05, 0.1) is 36.5 Å². The van der Waals surface area contributed by atoms with Crippen molar-refractivity contribution in [2.75, 3.05) is 24.5 Å². The number of hydrogen-bond acceptors (Lipinski definition) is 7. The molecule has 3 aliphatic rings. The molecule has 0 radical (unpaired) electrons. The summed E-state index contributed by atoms with van der Waals surface area (Å²) in [6.07, 6.45) is 1.92. The van der Waals surface area contributed by atoms with Crippen LogP contribution in [-0.4, -0.2) is 63.4 Å². The zero-order valence-corrected chi connectivity index (χ0v) is 22.5. The summed E-state index contributed by atoms with van der Waals surface area (Å²) in [6, 6.07) is 14.5. The van der Waals surface area contributed by atoms with Gasteiger partial charge in [-0.05, 0) is 50.1 Å². The number of carbonyl (C=O) groups is 2. The molecule has 3 aromatic rings. The number of nitrogens with zero attached hydrogens (tertiary/aromatic N) is 6. The minimum absolute atomic E-state index is 0.0421. The first-order valence-corrected chi connectivity index (χ1v) is 13.2. The van der Waals surface area contributed by atoms with Crippen LogP contribution in [0.2, 0.25) is 0 Å². The maximum Gasteiger partial charge on any atom is 0.414 e. The van der Waals surface area contributed by atoms with Crippen molar-refractivity contribution in [2.45, 2.75) is 44.4 Å². The lowest BCUT2D eigenvalue weighted by Crippen LogP contribution is -2.38. The van der Waals surface area contributed by atoms with Crippen LogP contribution in [0.4, 0.5) is 19.7 Å². The SMILES string of the molecule is CC(C)(C)OC(=O)N1CC2C(C1)C2(C#N)c1ccc(-c2ccc(N3C[C@H](Cn4ccnn4)OC3=O)cc2F)cc1. The lowest BCUT2D eigenvalue weighted by Gasteiger charge is -2.27. The predicted octanol–water partition coefficient (Wildman–Crippen LogP) is 4.37. The Kier molecular flexibility index (Phi) is 6.02. The van der Waals surface area contributed by atoms with Gasteiger partial charge in [0.25, 0.3) is 0 Å². The Labute approximate surface area is 230 Å². The van der Waals surface area contributed by atoms with E-state index < -0.39 is 29.0 Å². The molecular formula is C29H29FN6O4. The second-order valence-electron chi connectivity index (χ2n) is 11.6. The predicted molar refractivity (Wildman–Crippen MR) is 142 cm³/mol. The van der Waals surface area contributed by atoms with Crippen molar-refractivity contribution in [1.82, 2.24) is 19.9 Å². The number of cyclic esters (lactones) is 1. The molecule has 11 heteroatoms. The minimum atomic E-state index is -0.654. The van der Waals surface area contributed by atoms with Gasteiger partial charge >= 0.3 is 12.2 Å². The van der Waals surface area contributed by atoms with Crippen molar-refractivity contribution in [1.29, 1.82) is 5.26 Å². The summed E-state index contributed by atoms with van der Waals surface area (Å²) in [5.74, 6) is -0.384. The molecule has 3 fully saturated rings. The highest BCUT2D eigenvalue weighted by molar-refractivity contribution is 5.90. The zero-order valence-electron chi connectivity index (χ0n) is 22.5. The Morgan fingerprint density at radius 1 is 1.18 bits per heavy atom. The number of amides is 2. The molecule has 6 rings (SSSR count). The van der Waals surface area contributed by atoms with Crippen LogP contribution in [0.5, 0.6) is 0 Å². The number of piperidine rings is 1. The third-order valence-corrected chi connectivity index (χ3v) is 7.89. The second kappa shape index (κ2) is 9.33. The molecule has 1 aromatic heterocycles. The molecule has 2 aliphatic heterocycles. The molecule has 2 aromatic carbocycles.